The van der Waals surface area contributed by atoms with Crippen LogP contribution in [0.3, 0.4) is 0 Å². The summed E-state index contributed by atoms with van der Waals surface area (Å²) in [6.07, 6.45) is 4.96. The Bertz CT molecular complexity index is 1050. The van der Waals surface area contributed by atoms with E-state index in [9.17, 15) is 4.39 Å². The number of benzene rings is 1. The number of methoxy groups -OCH3 is 1. The number of aromatic nitrogens is 3. The Kier molecular flexibility index (Phi) is 5.38. The molecule has 1 aliphatic heterocycles. The molecule has 0 radical (unpaired) electrons. The van der Waals surface area contributed by atoms with E-state index in [1.54, 1.807) is 12.3 Å². The second-order valence-electron chi connectivity index (χ2n) is 6.75. The van der Waals surface area contributed by atoms with Gasteiger partial charge in [-0.1, -0.05) is 17.4 Å². The molecule has 3 heterocycles. The fraction of sp³-hybridized carbons (Fsp3) is 0.300. The van der Waals surface area contributed by atoms with Crippen LogP contribution < -0.4 is 15.4 Å². The van der Waals surface area contributed by atoms with Crippen molar-refractivity contribution in [2.75, 3.05) is 25.1 Å². The highest BCUT2D eigenvalue weighted by Crippen LogP contribution is 2.40. The molecule has 9 heteroatoms. The Morgan fingerprint density at radius 2 is 2.07 bits per heavy atom. The van der Waals surface area contributed by atoms with Gasteiger partial charge in [0.15, 0.2) is 5.13 Å². The SMILES string of the molecule is COc1cnc(-c2sc(N3CCC(N)CC3)nc2-c2ccc(C#N)c(F)c2)cn1. The average molecular weight is 410 g/mol. The largest absolute Gasteiger partial charge is 0.480 e. The van der Waals surface area contributed by atoms with Crippen LogP contribution in [0.25, 0.3) is 21.8 Å². The lowest BCUT2D eigenvalue weighted by molar-refractivity contribution is 0.396. The standard InChI is InChI=1S/C20H19FN6OS/c1-28-17-11-24-16(10-25-17)19-18(12-2-3-13(9-22)15(21)8-12)26-20(29-19)27-6-4-14(23)5-7-27/h2-3,8,10-11,14H,4-7,23H2,1H3. The first-order chi connectivity index (χ1) is 14.1. The van der Waals surface area contributed by atoms with Gasteiger partial charge in [-0.2, -0.15) is 5.26 Å². The van der Waals surface area contributed by atoms with E-state index in [0.29, 0.717) is 22.8 Å². The molecule has 29 heavy (non-hydrogen) atoms. The van der Waals surface area contributed by atoms with E-state index < -0.39 is 5.82 Å². The summed E-state index contributed by atoms with van der Waals surface area (Å²) in [6, 6.07) is 6.56. The average Bonchev–Trinajstić information content (AvgIpc) is 3.19. The van der Waals surface area contributed by atoms with Gasteiger partial charge < -0.3 is 15.4 Å². The molecule has 0 bridgehead atoms. The summed E-state index contributed by atoms with van der Waals surface area (Å²) in [6.45, 7) is 1.65. The number of nitriles is 1. The molecule has 148 valence electrons. The van der Waals surface area contributed by atoms with Crippen molar-refractivity contribution in [3.05, 3.63) is 42.0 Å². The molecule has 0 aliphatic carbocycles. The molecule has 1 aliphatic rings. The van der Waals surface area contributed by atoms with Crippen LogP contribution in [0.15, 0.2) is 30.6 Å². The zero-order valence-electron chi connectivity index (χ0n) is 15.8. The summed E-state index contributed by atoms with van der Waals surface area (Å²) in [5, 5.41) is 9.84. The highest BCUT2D eigenvalue weighted by molar-refractivity contribution is 7.19. The van der Waals surface area contributed by atoms with Gasteiger partial charge in [0.1, 0.15) is 17.6 Å². The van der Waals surface area contributed by atoms with Crippen LogP contribution in [0.1, 0.15) is 18.4 Å². The van der Waals surface area contributed by atoms with Crippen LogP contribution in [0.5, 0.6) is 5.88 Å². The van der Waals surface area contributed by atoms with Crippen molar-refractivity contribution in [2.45, 2.75) is 18.9 Å². The minimum absolute atomic E-state index is 0.00000956. The number of anilines is 1. The number of piperidine rings is 1. The maximum Gasteiger partial charge on any atom is 0.232 e. The van der Waals surface area contributed by atoms with Gasteiger partial charge in [0.2, 0.25) is 5.88 Å². The summed E-state index contributed by atoms with van der Waals surface area (Å²) in [5.74, 6) is -0.162. The lowest BCUT2D eigenvalue weighted by atomic mass is 10.1. The normalized spacial score (nSPS) is 14.6. The van der Waals surface area contributed by atoms with Crippen LogP contribution in [0.4, 0.5) is 9.52 Å². The first-order valence-electron chi connectivity index (χ1n) is 9.17. The highest BCUT2D eigenvalue weighted by atomic mass is 32.1. The van der Waals surface area contributed by atoms with Crippen molar-refractivity contribution in [3.63, 3.8) is 0 Å². The Balaban J connectivity index is 1.79. The molecule has 2 N–H and O–H groups in total. The number of nitrogens with zero attached hydrogens (tertiary/aromatic N) is 5. The molecule has 0 amide bonds. The number of ether oxygens (including phenoxy) is 1. The van der Waals surface area contributed by atoms with Crippen molar-refractivity contribution in [3.8, 4) is 33.8 Å². The molecule has 1 saturated heterocycles. The number of hydrogen-bond donors (Lipinski definition) is 1. The van der Waals surface area contributed by atoms with Crippen molar-refractivity contribution >= 4 is 16.5 Å². The van der Waals surface area contributed by atoms with E-state index in [1.165, 1.54) is 36.8 Å². The van der Waals surface area contributed by atoms with Crippen molar-refractivity contribution in [1.29, 1.82) is 5.26 Å². The van der Waals surface area contributed by atoms with Crippen LogP contribution in [0, 0.1) is 17.1 Å². The minimum Gasteiger partial charge on any atom is -0.480 e. The number of nitrogens with two attached hydrogens (primary N) is 1. The number of thiazole rings is 1. The molecule has 0 spiro atoms. The zero-order chi connectivity index (χ0) is 20.4. The van der Waals surface area contributed by atoms with E-state index in [4.69, 9.17) is 20.7 Å². The third-order valence-electron chi connectivity index (χ3n) is 4.86. The third-order valence-corrected chi connectivity index (χ3v) is 6.00. The van der Waals surface area contributed by atoms with Gasteiger partial charge in [0.25, 0.3) is 0 Å². The monoisotopic (exact) mass is 410 g/mol. The van der Waals surface area contributed by atoms with Crippen molar-refractivity contribution in [1.82, 2.24) is 15.0 Å². The lowest BCUT2D eigenvalue weighted by Crippen LogP contribution is -2.39. The second-order valence-corrected chi connectivity index (χ2v) is 7.73. The molecule has 0 unspecified atom stereocenters. The maximum atomic E-state index is 14.3. The first kappa shape index (κ1) is 19.2. The van der Waals surface area contributed by atoms with Gasteiger partial charge in [-0.3, -0.25) is 0 Å². The van der Waals surface area contributed by atoms with Gasteiger partial charge in [0, 0.05) is 24.7 Å². The Morgan fingerprint density at radius 3 is 2.69 bits per heavy atom. The van der Waals surface area contributed by atoms with E-state index in [2.05, 4.69) is 14.9 Å². The molecular weight excluding hydrogens is 391 g/mol. The van der Waals surface area contributed by atoms with Crippen LogP contribution in [0.2, 0.25) is 0 Å². The van der Waals surface area contributed by atoms with Gasteiger partial charge in [-0.15, -0.1) is 0 Å². The van der Waals surface area contributed by atoms with Gasteiger partial charge in [-0.25, -0.2) is 19.3 Å². The molecule has 1 fully saturated rings. The molecule has 0 atom stereocenters. The number of halogens is 1. The summed E-state index contributed by atoms with van der Waals surface area (Å²) in [7, 11) is 1.53. The number of hydrogen-bond acceptors (Lipinski definition) is 8. The van der Waals surface area contributed by atoms with Crippen LogP contribution in [-0.2, 0) is 0 Å². The minimum atomic E-state index is -0.574. The van der Waals surface area contributed by atoms with Gasteiger partial charge >= 0.3 is 0 Å². The van der Waals surface area contributed by atoms with Crippen LogP contribution in [-0.4, -0.2) is 41.2 Å². The summed E-state index contributed by atoms with van der Waals surface area (Å²) in [4.78, 5) is 16.4. The summed E-state index contributed by atoms with van der Waals surface area (Å²) in [5.41, 5.74) is 7.85. The predicted molar refractivity (Wildman–Crippen MR) is 109 cm³/mol. The molecule has 1 aromatic carbocycles. The van der Waals surface area contributed by atoms with Crippen molar-refractivity contribution in [2.24, 2.45) is 5.73 Å². The molecular formula is C20H19FN6OS. The number of rotatable bonds is 4. The quantitative estimate of drug-likeness (QED) is 0.705. The lowest BCUT2D eigenvalue weighted by Gasteiger charge is -2.29. The van der Waals surface area contributed by atoms with Gasteiger partial charge in [0.05, 0.1) is 35.6 Å². The summed E-state index contributed by atoms with van der Waals surface area (Å²) >= 11 is 1.49. The smallest absolute Gasteiger partial charge is 0.232 e. The fourth-order valence-electron chi connectivity index (χ4n) is 3.20. The molecule has 4 rings (SSSR count). The zero-order valence-corrected chi connectivity index (χ0v) is 16.6. The first-order valence-corrected chi connectivity index (χ1v) is 9.98. The molecule has 3 aromatic rings. The van der Waals surface area contributed by atoms with Gasteiger partial charge in [-0.05, 0) is 25.0 Å². The molecule has 2 aromatic heterocycles. The van der Waals surface area contributed by atoms with E-state index >= 15 is 0 Å². The van der Waals surface area contributed by atoms with E-state index in [1.807, 2.05) is 6.07 Å². The van der Waals surface area contributed by atoms with E-state index in [0.717, 1.165) is 35.9 Å². The third kappa shape index (κ3) is 3.90. The van der Waals surface area contributed by atoms with Crippen molar-refractivity contribution < 1.29 is 9.13 Å². The summed E-state index contributed by atoms with van der Waals surface area (Å²) < 4.78 is 19.3. The predicted octanol–water partition coefficient (Wildman–Crippen LogP) is 3.21. The highest BCUT2D eigenvalue weighted by Gasteiger charge is 2.23. The maximum absolute atomic E-state index is 14.3. The Labute approximate surface area is 171 Å². The Hall–Kier alpha value is -3.09. The van der Waals surface area contributed by atoms with E-state index in [-0.39, 0.29) is 11.6 Å². The van der Waals surface area contributed by atoms with Crippen LogP contribution >= 0.6 is 11.3 Å². The topological polar surface area (TPSA) is 101 Å². The molecule has 7 nitrogen and oxygen atoms in total. The molecule has 0 saturated carbocycles. The Morgan fingerprint density at radius 1 is 1.28 bits per heavy atom. The fourth-order valence-corrected chi connectivity index (χ4v) is 4.30. The second kappa shape index (κ2) is 8.11.